The van der Waals surface area contributed by atoms with E-state index in [1.54, 1.807) is 0 Å². The van der Waals surface area contributed by atoms with Crippen LogP contribution in [0, 0.1) is 0 Å². The van der Waals surface area contributed by atoms with Crippen molar-refractivity contribution in [2.75, 3.05) is 5.75 Å². The summed E-state index contributed by atoms with van der Waals surface area (Å²) in [4.78, 5) is 9.53. The third kappa shape index (κ3) is 10.8. The molecule has 0 radical (unpaired) electrons. The van der Waals surface area contributed by atoms with E-state index in [1.807, 2.05) is 0 Å². The average molecular weight is 134 g/mol. The van der Waals surface area contributed by atoms with Crippen LogP contribution < -0.4 is 0 Å². The Morgan fingerprint density at radius 2 is 2.14 bits per heavy atom. The SMILES string of the molecule is O=CCCCS.[AlH3]. The first-order chi connectivity index (χ1) is 2.91. The van der Waals surface area contributed by atoms with Gasteiger partial charge in [0.1, 0.15) is 6.29 Å². The molecule has 1 nitrogen and oxygen atoms in total. The second kappa shape index (κ2) is 9.75. The molecule has 42 valence electrons. The summed E-state index contributed by atoms with van der Waals surface area (Å²) in [6, 6.07) is 0. The van der Waals surface area contributed by atoms with Crippen LogP contribution >= 0.6 is 12.6 Å². The molecule has 0 aromatic heterocycles. The molecular formula is C4H11AlOS. The molecule has 0 spiro atoms. The van der Waals surface area contributed by atoms with E-state index < -0.39 is 0 Å². The third-order valence-electron chi connectivity index (χ3n) is 0.480. The summed E-state index contributed by atoms with van der Waals surface area (Å²) in [5, 5.41) is 0. The number of carbonyl (C=O) groups excluding carboxylic acids is 1. The number of carbonyl (C=O) groups is 1. The highest BCUT2D eigenvalue weighted by atomic mass is 32.1. The summed E-state index contributed by atoms with van der Waals surface area (Å²) in [5.41, 5.74) is 0. The highest BCUT2D eigenvalue weighted by Gasteiger charge is 1.75. The molecule has 0 aromatic carbocycles. The van der Waals surface area contributed by atoms with Crippen LogP contribution in [-0.4, -0.2) is 29.4 Å². The van der Waals surface area contributed by atoms with E-state index in [4.69, 9.17) is 0 Å². The van der Waals surface area contributed by atoms with Crippen LogP contribution in [0.3, 0.4) is 0 Å². The van der Waals surface area contributed by atoms with Gasteiger partial charge in [-0.1, -0.05) is 0 Å². The van der Waals surface area contributed by atoms with E-state index in [0.717, 1.165) is 18.5 Å². The topological polar surface area (TPSA) is 17.1 Å². The molecule has 0 N–H and O–H groups in total. The number of hydrogen-bond acceptors (Lipinski definition) is 2. The minimum atomic E-state index is 0. The molecule has 0 amide bonds. The van der Waals surface area contributed by atoms with Crippen LogP contribution in [-0.2, 0) is 4.79 Å². The molecule has 0 fully saturated rings. The fourth-order valence-corrected chi connectivity index (χ4v) is 0.357. The van der Waals surface area contributed by atoms with Crippen LogP contribution in [0.2, 0.25) is 0 Å². The molecule has 0 bridgehead atoms. The lowest BCUT2D eigenvalue weighted by Crippen LogP contribution is -1.74. The number of thiol groups is 1. The molecule has 0 aliphatic heterocycles. The summed E-state index contributed by atoms with van der Waals surface area (Å²) in [7, 11) is 0. The van der Waals surface area contributed by atoms with Gasteiger partial charge in [0.05, 0.1) is 0 Å². The highest BCUT2D eigenvalue weighted by molar-refractivity contribution is 7.80. The lowest BCUT2D eigenvalue weighted by molar-refractivity contribution is -0.107. The van der Waals surface area contributed by atoms with Gasteiger partial charge in [-0.3, -0.25) is 0 Å². The van der Waals surface area contributed by atoms with E-state index in [-0.39, 0.29) is 17.4 Å². The zero-order valence-electron chi connectivity index (χ0n) is 3.55. The first-order valence-electron chi connectivity index (χ1n) is 1.96. The van der Waals surface area contributed by atoms with Crippen molar-refractivity contribution in [2.45, 2.75) is 12.8 Å². The molecule has 0 heterocycles. The zero-order chi connectivity index (χ0) is 4.83. The summed E-state index contributed by atoms with van der Waals surface area (Å²) in [6.45, 7) is 0. The van der Waals surface area contributed by atoms with E-state index in [1.165, 1.54) is 0 Å². The van der Waals surface area contributed by atoms with Crippen molar-refractivity contribution in [2.24, 2.45) is 0 Å². The monoisotopic (exact) mass is 134 g/mol. The van der Waals surface area contributed by atoms with Crippen molar-refractivity contribution in [1.29, 1.82) is 0 Å². The van der Waals surface area contributed by atoms with Gasteiger partial charge in [0.15, 0.2) is 17.4 Å². The molecule has 0 saturated heterocycles. The molecule has 0 aromatic rings. The second-order valence-corrected chi connectivity index (χ2v) is 1.48. The Kier molecular flexibility index (Phi) is 14.6. The summed E-state index contributed by atoms with van der Waals surface area (Å²) < 4.78 is 0. The van der Waals surface area contributed by atoms with Crippen molar-refractivity contribution in [3.63, 3.8) is 0 Å². The molecule has 0 saturated carbocycles. The minimum Gasteiger partial charge on any atom is -0.303 e. The second-order valence-electron chi connectivity index (χ2n) is 1.03. The predicted octanol–water partition coefficient (Wildman–Crippen LogP) is -0.289. The number of hydrogen-bond donors (Lipinski definition) is 1. The Morgan fingerprint density at radius 3 is 2.29 bits per heavy atom. The Labute approximate surface area is 60.0 Å². The first-order valence-corrected chi connectivity index (χ1v) is 2.59. The van der Waals surface area contributed by atoms with Gasteiger partial charge >= 0.3 is 0 Å². The van der Waals surface area contributed by atoms with Crippen molar-refractivity contribution in [3.8, 4) is 0 Å². The minimum absolute atomic E-state index is 0. The number of aldehydes is 1. The molecule has 0 aliphatic carbocycles. The fourth-order valence-electron chi connectivity index (χ4n) is 0.175. The summed E-state index contributed by atoms with van der Waals surface area (Å²) in [5.74, 6) is 0.818. The van der Waals surface area contributed by atoms with E-state index >= 15 is 0 Å². The molecule has 0 rings (SSSR count). The van der Waals surface area contributed by atoms with Gasteiger partial charge < -0.3 is 4.79 Å². The van der Waals surface area contributed by atoms with E-state index in [2.05, 4.69) is 12.6 Å². The smallest absolute Gasteiger partial charge is 0.187 e. The van der Waals surface area contributed by atoms with Crippen molar-refractivity contribution in [1.82, 2.24) is 0 Å². The lowest BCUT2D eigenvalue weighted by Gasteiger charge is -1.78. The van der Waals surface area contributed by atoms with Gasteiger partial charge in [0.2, 0.25) is 0 Å². The fraction of sp³-hybridized carbons (Fsp3) is 0.750. The van der Waals surface area contributed by atoms with Gasteiger partial charge in [-0.2, -0.15) is 12.6 Å². The molecule has 0 aliphatic rings. The average Bonchev–Trinajstić information content (AvgIpc) is 1.61. The van der Waals surface area contributed by atoms with Gasteiger partial charge in [-0.05, 0) is 12.2 Å². The molecular weight excluding hydrogens is 123 g/mol. The van der Waals surface area contributed by atoms with Crippen molar-refractivity contribution in [3.05, 3.63) is 0 Å². The Hall–Kier alpha value is 0.552. The first kappa shape index (κ1) is 10.5. The molecule has 0 unspecified atom stereocenters. The van der Waals surface area contributed by atoms with Crippen molar-refractivity contribution >= 4 is 36.3 Å². The third-order valence-corrected chi connectivity index (χ3v) is 0.796. The number of unbranched alkanes of at least 4 members (excludes halogenated alkanes) is 1. The van der Waals surface area contributed by atoms with Crippen LogP contribution in [0.4, 0.5) is 0 Å². The van der Waals surface area contributed by atoms with Gasteiger partial charge in [-0.15, -0.1) is 0 Å². The lowest BCUT2D eigenvalue weighted by atomic mass is 10.4. The quantitative estimate of drug-likeness (QED) is 0.243. The van der Waals surface area contributed by atoms with Crippen LogP contribution in [0.25, 0.3) is 0 Å². The molecule has 3 heteroatoms. The van der Waals surface area contributed by atoms with E-state index in [9.17, 15) is 4.79 Å². The highest BCUT2D eigenvalue weighted by Crippen LogP contribution is 1.84. The van der Waals surface area contributed by atoms with Crippen LogP contribution in [0.1, 0.15) is 12.8 Å². The van der Waals surface area contributed by atoms with Gasteiger partial charge in [0.25, 0.3) is 0 Å². The molecule has 0 atom stereocenters. The summed E-state index contributed by atoms with van der Waals surface area (Å²) in [6.07, 6.45) is 2.48. The molecule has 7 heavy (non-hydrogen) atoms. The van der Waals surface area contributed by atoms with Gasteiger partial charge in [0, 0.05) is 6.42 Å². The maximum absolute atomic E-state index is 9.53. The van der Waals surface area contributed by atoms with Gasteiger partial charge in [-0.25, -0.2) is 0 Å². The Bertz CT molecular complexity index is 40.7. The standard InChI is InChI=1S/C4H8OS.Al.3H/c5-3-1-2-4-6;;;;/h3,6H,1-2,4H2;;;;. The maximum Gasteiger partial charge on any atom is 0.187 e. The van der Waals surface area contributed by atoms with Crippen molar-refractivity contribution < 1.29 is 4.79 Å². The normalized spacial score (nSPS) is 7.00. The van der Waals surface area contributed by atoms with Crippen LogP contribution in [0.15, 0.2) is 0 Å². The number of rotatable bonds is 3. The largest absolute Gasteiger partial charge is 0.303 e. The predicted molar refractivity (Wildman–Crippen MR) is 39.1 cm³/mol. The van der Waals surface area contributed by atoms with E-state index in [0.29, 0.717) is 6.42 Å². The maximum atomic E-state index is 9.53. The Morgan fingerprint density at radius 1 is 1.57 bits per heavy atom. The zero-order valence-corrected chi connectivity index (χ0v) is 4.45. The van der Waals surface area contributed by atoms with Crippen LogP contribution in [0.5, 0.6) is 0 Å². The Balaban J connectivity index is 0. The summed E-state index contributed by atoms with van der Waals surface area (Å²) >= 11 is 3.90.